The summed E-state index contributed by atoms with van der Waals surface area (Å²) < 4.78 is 27.3. The molecule has 0 saturated heterocycles. The molecule has 0 spiro atoms. The van der Waals surface area contributed by atoms with E-state index in [-0.39, 0.29) is 28.4 Å². The molecule has 2 rings (SSSR count). The first-order chi connectivity index (χ1) is 11.7. The third kappa shape index (κ3) is 5.20. The van der Waals surface area contributed by atoms with E-state index in [1.165, 1.54) is 12.1 Å². The van der Waals surface area contributed by atoms with Gasteiger partial charge in [0.1, 0.15) is 4.21 Å². The number of halogens is 1. The topological polar surface area (TPSA) is 101 Å². The molecular weight excluding hydrogens is 394 g/mol. The zero-order valence-electron chi connectivity index (χ0n) is 14.9. The molecule has 0 aliphatic carbocycles. The van der Waals surface area contributed by atoms with E-state index in [0.29, 0.717) is 17.8 Å². The van der Waals surface area contributed by atoms with Crippen LogP contribution >= 0.6 is 23.7 Å². The fourth-order valence-electron chi connectivity index (χ4n) is 2.11. The van der Waals surface area contributed by atoms with Crippen molar-refractivity contribution in [2.45, 2.75) is 30.5 Å². The van der Waals surface area contributed by atoms with E-state index in [2.05, 4.69) is 10.0 Å². The van der Waals surface area contributed by atoms with Crippen molar-refractivity contribution in [2.75, 3.05) is 11.3 Å². The van der Waals surface area contributed by atoms with Crippen LogP contribution in [0.25, 0.3) is 0 Å². The molecule has 1 atom stereocenters. The molecule has 0 aliphatic heterocycles. The highest BCUT2D eigenvalue weighted by Crippen LogP contribution is 2.21. The summed E-state index contributed by atoms with van der Waals surface area (Å²) in [5, 5.41) is 4.63. The quantitative estimate of drug-likeness (QED) is 0.644. The molecule has 1 unspecified atom stereocenters. The molecule has 0 bridgehead atoms. The maximum absolute atomic E-state index is 12.5. The van der Waals surface area contributed by atoms with Gasteiger partial charge in [-0.2, -0.15) is 0 Å². The predicted octanol–water partition coefficient (Wildman–Crippen LogP) is 3.07. The zero-order chi connectivity index (χ0) is 18.7. The van der Waals surface area contributed by atoms with Crippen LogP contribution in [0.15, 0.2) is 46.0 Å². The Labute approximate surface area is 164 Å². The molecule has 2 aromatic rings. The molecule has 26 heavy (non-hydrogen) atoms. The van der Waals surface area contributed by atoms with Gasteiger partial charge in [0, 0.05) is 17.8 Å². The van der Waals surface area contributed by atoms with Crippen LogP contribution in [-0.2, 0) is 10.0 Å². The van der Waals surface area contributed by atoms with Crippen LogP contribution < -0.4 is 15.8 Å². The number of anilines is 1. The van der Waals surface area contributed by atoms with E-state index in [9.17, 15) is 13.2 Å². The minimum Gasteiger partial charge on any atom is -0.345 e. The van der Waals surface area contributed by atoms with Crippen LogP contribution in [0.3, 0.4) is 0 Å². The predicted molar refractivity (Wildman–Crippen MR) is 109 cm³/mol. The summed E-state index contributed by atoms with van der Waals surface area (Å²) >= 11 is 1.13. The van der Waals surface area contributed by atoms with Crippen molar-refractivity contribution in [2.24, 2.45) is 11.7 Å². The number of amides is 1. The fraction of sp³-hybridized carbons (Fsp3) is 0.353. The average molecular weight is 418 g/mol. The summed E-state index contributed by atoms with van der Waals surface area (Å²) in [6.45, 7) is 6.16. The number of sulfonamides is 1. The Hall–Kier alpha value is -1.61. The first kappa shape index (κ1) is 22.4. The van der Waals surface area contributed by atoms with Crippen LogP contribution in [0, 0.1) is 5.92 Å². The largest absolute Gasteiger partial charge is 0.345 e. The van der Waals surface area contributed by atoms with E-state index in [1.807, 2.05) is 20.8 Å². The maximum Gasteiger partial charge on any atom is 0.271 e. The van der Waals surface area contributed by atoms with E-state index in [4.69, 9.17) is 5.73 Å². The van der Waals surface area contributed by atoms with Gasteiger partial charge in [-0.05, 0) is 42.5 Å². The highest BCUT2D eigenvalue weighted by molar-refractivity contribution is 7.94. The van der Waals surface area contributed by atoms with E-state index >= 15 is 0 Å². The van der Waals surface area contributed by atoms with Crippen LogP contribution in [-0.4, -0.2) is 26.4 Å². The summed E-state index contributed by atoms with van der Waals surface area (Å²) in [5.41, 5.74) is 5.96. The molecule has 0 aliphatic rings. The molecular formula is C17H24ClN3O3S2. The van der Waals surface area contributed by atoms with Gasteiger partial charge in [0.2, 0.25) is 0 Å². The van der Waals surface area contributed by atoms with Crippen LogP contribution in [0.2, 0.25) is 0 Å². The molecule has 0 saturated carbocycles. The van der Waals surface area contributed by atoms with Crippen molar-refractivity contribution in [3.05, 3.63) is 47.3 Å². The second-order valence-electron chi connectivity index (χ2n) is 6.35. The monoisotopic (exact) mass is 417 g/mol. The first-order valence-corrected chi connectivity index (χ1v) is 10.2. The third-order valence-electron chi connectivity index (χ3n) is 4.23. The number of thiophene rings is 1. The Kier molecular flexibility index (Phi) is 7.64. The molecule has 0 fully saturated rings. The van der Waals surface area contributed by atoms with Gasteiger partial charge >= 0.3 is 0 Å². The van der Waals surface area contributed by atoms with Gasteiger partial charge in [0.25, 0.3) is 15.9 Å². The van der Waals surface area contributed by atoms with Crippen molar-refractivity contribution < 1.29 is 13.2 Å². The molecule has 1 amide bonds. The Bertz CT molecular complexity index is 839. The molecule has 1 heterocycles. The van der Waals surface area contributed by atoms with Gasteiger partial charge in [0.05, 0.1) is 5.54 Å². The number of benzene rings is 1. The highest BCUT2D eigenvalue weighted by Gasteiger charge is 2.29. The molecule has 144 valence electrons. The van der Waals surface area contributed by atoms with E-state index in [1.54, 1.807) is 29.6 Å². The lowest BCUT2D eigenvalue weighted by Crippen LogP contribution is -2.55. The summed E-state index contributed by atoms with van der Waals surface area (Å²) in [4.78, 5) is 12.5. The lowest BCUT2D eigenvalue weighted by atomic mass is 9.88. The van der Waals surface area contributed by atoms with Crippen LogP contribution in [0.5, 0.6) is 0 Å². The number of carbonyl (C=O) groups excluding carboxylic acids is 1. The van der Waals surface area contributed by atoms with Crippen molar-refractivity contribution in [3.63, 3.8) is 0 Å². The fourth-order valence-corrected chi connectivity index (χ4v) is 4.15. The number of hydrogen-bond donors (Lipinski definition) is 3. The van der Waals surface area contributed by atoms with Crippen LogP contribution in [0.1, 0.15) is 31.1 Å². The van der Waals surface area contributed by atoms with E-state index < -0.39 is 15.6 Å². The normalized spacial score (nSPS) is 13.6. The minimum absolute atomic E-state index is 0. The van der Waals surface area contributed by atoms with Crippen molar-refractivity contribution in [1.29, 1.82) is 0 Å². The SMILES string of the molecule is CC(C)C(C)(CN)NC(=O)c1cccc(NS(=O)(=O)c2cccs2)c1.Cl. The van der Waals surface area contributed by atoms with Gasteiger partial charge in [-0.25, -0.2) is 8.42 Å². The average Bonchev–Trinajstić information content (AvgIpc) is 3.09. The number of carbonyl (C=O) groups is 1. The number of hydrogen-bond acceptors (Lipinski definition) is 5. The molecule has 0 radical (unpaired) electrons. The summed E-state index contributed by atoms with van der Waals surface area (Å²) in [6, 6.07) is 9.58. The molecule has 1 aromatic heterocycles. The van der Waals surface area contributed by atoms with Crippen molar-refractivity contribution in [3.8, 4) is 0 Å². The highest BCUT2D eigenvalue weighted by atomic mass is 35.5. The first-order valence-electron chi connectivity index (χ1n) is 7.87. The lowest BCUT2D eigenvalue weighted by Gasteiger charge is -2.33. The second-order valence-corrected chi connectivity index (χ2v) is 9.21. The maximum atomic E-state index is 12.5. The molecule has 1 aromatic carbocycles. The van der Waals surface area contributed by atoms with Gasteiger partial charge < -0.3 is 11.1 Å². The van der Waals surface area contributed by atoms with Crippen molar-refractivity contribution in [1.82, 2.24) is 5.32 Å². The summed E-state index contributed by atoms with van der Waals surface area (Å²) in [5.74, 6) is -0.138. The van der Waals surface area contributed by atoms with Gasteiger partial charge in [-0.3, -0.25) is 9.52 Å². The van der Waals surface area contributed by atoms with Gasteiger partial charge in [-0.15, -0.1) is 23.7 Å². The minimum atomic E-state index is -3.65. The summed E-state index contributed by atoms with van der Waals surface area (Å²) in [6.07, 6.45) is 0. The number of rotatable bonds is 7. The third-order valence-corrected chi connectivity index (χ3v) is 7.01. The molecule has 4 N–H and O–H groups in total. The Balaban J connectivity index is 0.00000338. The Morgan fingerprint density at radius 2 is 1.96 bits per heavy atom. The summed E-state index contributed by atoms with van der Waals surface area (Å²) in [7, 11) is -3.65. The van der Waals surface area contributed by atoms with Gasteiger partial charge in [0.15, 0.2) is 0 Å². The van der Waals surface area contributed by atoms with Crippen LogP contribution in [0.4, 0.5) is 5.69 Å². The number of nitrogens with one attached hydrogen (secondary N) is 2. The smallest absolute Gasteiger partial charge is 0.271 e. The van der Waals surface area contributed by atoms with Crippen molar-refractivity contribution >= 4 is 45.4 Å². The Morgan fingerprint density at radius 1 is 1.27 bits per heavy atom. The standard InChI is InChI=1S/C17H23N3O3S2.ClH/c1-12(2)17(3,11-18)19-16(21)13-6-4-7-14(10-13)20-25(22,23)15-8-5-9-24-15;/h4-10,12,20H,11,18H2,1-3H3,(H,19,21);1H. The van der Waals surface area contributed by atoms with Gasteiger partial charge in [-0.1, -0.05) is 26.0 Å². The molecule has 9 heteroatoms. The Morgan fingerprint density at radius 3 is 2.50 bits per heavy atom. The molecule has 6 nitrogen and oxygen atoms in total. The van der Waals surface area contributed by atoms with E-state index in [0.717, 1.165) is 11.3 Å². The lowest BCUT2D eigenvalue weighted by molar-refractivity contribution is 0.0883. The number of nitrogens with two attached hydrogens (primary N) is 1. The zero-order valence-corrected chi connectivity index (χ0v) is 17.3. The second kappa shape index (κ2) is 8.85.